The summed E-state index contributed by atoms with van der Waals surface area (Å²) >= 11 is 0. The predicted molar refractivity (Wildman–Crippen MR) is 138 cm³/mol. The third-order valence-corrected chi connectivity index (χ3v) is 7.39. The van der Waals surface area contributed by atoms with Crippen molar-refractivity contribution in [2.75, 3.05) is 20.3 Å². The standard InChI is InChI=1S/C27H29N7O3/c1-16-23(33(3)31-29-16)19-14-20-21(28-15-19)22-25(26(27(35)36-4)32(2)30-22)34(20)24(17-8-6-5-7-9-17)18-10-12-37-13-11-18/h5-9,14-15,18,24H,10-13H2,1-4H3. The average Bonchev–Trinajstić information content (AvgIpc) is 3.54. The molecule has 0 radical (unpaired) electrons. The first-order chi connectivity index (χ1) is 18.0. The highest BCUT2D eigenvalue weighted by Crippen LogP contribution is 2.42. The SMILES string of the molecule is COC(=O)c1c2c(nn1C)c1ncc(-c3c(C)nnn3C)cc1n2C(c1ccccc1)C1CCOCC1. The van der Waals surface area contributed by atoms with Crippen LogP contribution in [-0.4, -0.2) is 60.6 Å². The summed E-state index contributed by atoms with van der Waals surface area (Å²) < 4.78 is 16.5. The zero-order valence-corrected chi connectivity index (χ0v) is 21.4. The van der Waals surface area contributed by atoms with Gasteiger partial charge in [-0.1, -0.05) is 35.5 Å². The van der Waals surface area contributed by atoms with E-state index in [0.717, 1.165) is 51.9 Å². The number of carbonyl (C=O) groups is 1. The Labute approximate surface area is 213 Å². The Morgan fingerprint density at radius 1 is 1.11 bits per heavy atom. The van der Waals surface area contributed by atoms with E-state index in [9.17, 15) is 4.79 Å². The van der Waals surface area contributed by atoms with E-state index in [1.807, 2.05) is 26.2 Å². The first-order valence-corrected chi connectivity index (χ1v) is 12.4. The van der Waals surface area contributed by atoms with Gasteiger partial charge >= 0.3 is 5.97 Å². The van der Waals surface area contributed by atoms with E-state index >= 15 is 0 Å². The van der Waals surface area contributed by atoms with E-state index in [1.54, 1.807) is 16.4 Å². The van der Waals surface area contributed by atoms with Crippen LogP contribution in [0.4, 0.5) is 0 Å². The molecule has 5 heterocycles. The molecule has 0 aliphatic carbocycles. The van der Waals surface area contributed by atoms with Gasteiger partial charge in [0.1, 0.15) is 16.6 Å². The molecule has 10 heteroatoms. The van der Waals surface area contributed by atoms with Crippen LogP contribution in [0.25, 0.3) is 33.3 Å². The van der Waals surface area contributed by atoms with E-state index in [0.29, 0.717) is 30.3 Å². The van der Waals surface area contributed by atoms with Crippen LogP contribution < -0.4 is 0 Å². The fourth-order valence-corrected chi connectivity index (χ4v) is 5.75. The zero-order chi connectivity index (χ0) is 25.7. The van der Waals surface area contributed by atoms with Gasteiger partial charge in [-0.15, -0.1) is 5.10 Å². The number of hydrogen-bond donors (Lipinski definition) is 0. The van der Waals surface area contributed by atoms with Gasteiger partial charge in [0.05, 0.1) is 30.1 Å². The molecule has 10 nitrogen and oxygen atoms in total. The number of nitrogens with zero attached hydrogens (tertiary/aromatic N) is 7. The number of ether oxygens (including phenoxy) is 2. The molecule has 5 aromatic rings. The van der Waals surface area contributed by atoms with Gasteiger partial charge in [0, 0.05) is 39.1 Å². The van der Waals surface area contributed by atoms with Gasteiger partial charge in [-0.2, -0.15) is 5.10 Å². The highest BCUT2D eigenvalue weighted by molar-refractivity contribution is 6.11. The maximum Gasteiger partial charge on any atom is 0.358 e. The van der Waals surface area contributed by atoms with Gasteiger partial charge in [0.15, 0.2) is 5.69 Å². The van der Waals surface area contributed by atoms with Gasteiger partial charge in [-0.25, -0.2) is 9.48 Å². The Morgan fingerprint density at radius 2 is 1.86 bits per heavy atom. The fourth-order valence-electron chi connectivity index (χ4n) is 5.75. The second-order valence-corrected chi connectivity index (χ2v) is 9.58. The summed E-state index contributed by atoms with van der Waals surface area (Å²) in [4.78, 5) is 17.9. The van der Waals surface area contributed by atoms with E-state index < -0.39 is 5.97 Å². The Balaban J connectivity index is 1.72. The van der Waals surface area contributed by atoms with Crippen LogP contribution in [0, 0.1) is 12.8 Å². The molecule has 1 aromatic carbocycles. The van der Waals surface area contributed by atoms with Crippen molar-refractivity contribution in [3.8, 4) is 11.3 Å². The third-order valence-electron chi connectivity index (χ3n) is 7.39. The molecule has 4 aromatic heterocycles. The quantitative estimate of drug-likeness (QED) is 0.339. The third kappa shape index (κ3) is 3.71. The Morgan fingerprint density at radius 3 is 2.54 bits per heavy atom. The lowest BCUT2D eigenvalue weighted by Crippen LogP contribution is -2.27. The number of rotatable bonds is 5. The molecule has 0 spiro atoms. The lowest BCUT2D eigenvalue weighted by Gasteiger charge is -2.33. The Bertz CT molecular complexity index is 1590. The van der Waals surface area contributed by atoms with Crippen molar-refractivity contribution in [2.45, 2.75) is 25.8 Å². The van der Waals surface area contributed by atoms with Crippen molar-refractivity contribution >= 4 is 28.0 Å². The summed E-state index contributed by atoms with van der Waals surface area (Å²) in [5, 5.41) is 13.2. The summed E-state index contributed by atoms with van der Waals surface area (Å²) in [6, 6.07) is 12.5. The monoisotopic (exact) mass is 499 g/mol. The predicted octanol–water partition coefficient (Wildman–Crippen LogP) is 3.83. The maximum absolute atomic E-state index is 13.1. The van der Waals surface area contributed by atoms with Gasteiger partial charge < -0.3 is 14.0 Å². The molecule has 190 valence electrons. The van der Waals surface area contributed by atoms with Gasteiger partial charge in [-0.05, 0) is 37.3 Å². The number of aromatic nitrogens is 7. The van der Waals surface area contributed by atoms with Crippen molar-refractivity contribution in [1.82, 2.24) is 34.3 Å². The lowest BCUT2D eigenvalue weighted by molar-refractivity contribution is 0.0548. The van der Waals surface area contributed by atoms with Crippen LogP contribution >= 0.6 is 0 Å². The Kier molecular flexibility index (Phi) is 5.75. The van der Waals surface area contributed by atoms with Crippen molar-refractivity contribution in [1.29, 1.82) is 0 Å². The fraction of sp³-hybridized carbons (Fsp3) is 0.370. The first-order valence-electron chi connectivity index (χ1n) is 12.4. The topological polar surface area (TPSA) is 102 Å². The highest BCUT2D eigenvalue weighted by Gasteiger charge is 2.34. The average molecular weight is 500 g/mol. The smallest absolute Gasteiger partial charge is 0.358 e. The van der Waals surface area contributed by atoms with E-state index in [4.69, 9.17) is 19.6 Å². The normalized spacial score (nSPS) is 15.5. The summed E-state index contributed by atoms with van der Waals surface area (Å²) in [6.45, 7) is 3.35. The van der Waals surface area contributed by atoms with Gasteiger partial charge in [0.25, 0.3) is 0 Å². The largest absolute Gasteiger partial charge is 0.464 e. The molecule has 1 atom stereocenters. The first kappa shape index (κ1) is 23.4. The summed E-state index contributed by atoms with van der Waals surface area (Å²) in [7, 11) is 5.05. The molecule has 1 unspecified atom stereocenters. The molecule has 0 amide bonds. The second-order valence-electron chi connectivity index (χ2n) is 9.58. The number of hydrogen-bond acceptors (Lipinski definition) is 7. The molecule has 1 saturated heterocycles. The van der Waals surface area contributed by atoms with Crippen molar-refractivity contribution in [3.05, 3.63) is 59.5 Å². The molecule has 0 saturated carbocycles. The van der Waals surface area contributed by atoms with Gasteiger partial charge in [0.2, 0.25) is 0 Å². The molecular formula is C27H29N7O3. The number of carbonyl (C=O) groups excluding carboxylic acids is 1. The zero-order valence-electron chi connectivity index (χ0n) is 21.4. The molecular weight excluding hydrogens is 470 g/mol. The van der Waals surface area contributed by atoms with Crippen LogP contribution in [0.15, 0.2) is 42.6 Å². The molecule has 1 aliphatic heterocycles. The van der Waals surface area contributed by atoms with Crippen LogP contribution in [0.3, 0.4) is 0 Å². The molecule has 1 fully saturated rings. The minimum absolute atomic E-state index is 0.0551. The molecule has 37 heavy (non-hydrogen) atoms. The van der Waals surface area contributed by atoms with Crippen molar-refractivity contribution in [2.24, 2.45) is 20.0 Å². The van der Waals surface area contributed by atoms with Crippen LogP contribution in [-0.2, 0) is 23.6 Å². The number of aryl methyl sites for hydroxylation is 3. The van der Waals surface area contributed by atoms with E-state index in [2.05, 4.69) is 45.2 Å². The number of pyridine rings is 1. The highest BCUT2D eigenvalue weighted by atomic mass is 16.5. The van der Waals surface area contributed by atoms with E-state index in [1.165, 1.54) is 7.11 Å². The summed E-state index contributed by atoms with van der Waals surface area (Å²) in [5.41, 5.74) is 7.25. The van der Waals surface area contributed by atoms with E-state index in [-0.39, 0.29) is 6.04 Å². The number of esters is 1. The van der Waals surface area contributed by atoms with Crippen molar-refractivity contribution in [3.63, 3.8) is 0 Å². The van der Waals surface area contributed by atoms with Gasteiger partial charge in [-0.3, -0.25) is 9.67 Å². The Hall–Kier alpha value is -4.05. The number of benzene rings is 1. The van der Waals surface area contributed by atoms with Crippen LogP contribution in [0.5, 0.6) is 0 Å². The summed E-state index contributed by atoms with van der Waals surface area (Å²) in [6.07, 6.45) is 3.65. The molecule has 6 rings (SSSR count). The minimum Gasteiger partial charge on any atom is -0.464 e. The summed E-state index contributed by atoms with van der Waals surface area (Å²) in [5.74, 6) is -0.135. The lowest BCUT2D eigenvalue weighted by atomic mass is 9.86. The minimum atomic E-state index is -0.431. The van der Waals surface area contributed by atoms with Crippen LogP contribution in [0.2, 0.25) is 0 Å². The molecule has 0 N–H and O–H groups in total. The van der Waals surface area contributed by atoms with Crippen molar-refractivity contribution < 1.29 is 14.3 Å². The molecule has 0 bridgehead atoms. The second kappa shape index (κ2) is 9.11. The number of methoxy groups -OCH3 is 1. The maximum atomic E-state index is 13.1. The number of fused-ring (bicyclic) bond motifs is 3. The van der Waals surface area contributed by atoms with Crippen LogP contribution in [0.1, 0.15) is 40.6 Å². The molecule has 1 aliphatic rings.